The van der Waals surface area contributed by atoms with Crippen LogP contribution in [0.1, 0.15) is 5.69 Å². The number of carbonyl (C=O) groups excluding carboxylic acids is 1. The molecule has 0 spiro atoms. The van der Waals surface area contributed by atoms with Crippen molar-refractivity contribution in [2.45, 2.75) is 5.16 Å². The van der Waals surface area contributed by atoms with Crippen LogP contribution in [-0.2, 0) is 11.8 Å². The van der Waals surface area contributed by atoms with Crippen molar-refractivity contribution in [2.75, 3.05) is 5.75 Å². The van der Waals surface area contributed by atoms with E-state index < -0.39 is 0 Å². The molecule has 0 radical (unpaired) electrons. The average Bonchev–Trinajstić information content (AvgIpc) is 3.18. The van der Waals surface area contributed by atoms with E-state index in [1.807, 2.05) is 66.3 Å². The first-order chi connectivity index (χ1) is 15.0. The van der Waals surface area contributed by atoms with Crippen LogP contribution >= 0.6 is 27.7 Å². The molecule has 7 nitrogen and oxygen atoms in total. The van der Waals surface area contributed by atoms with E-state index in [-0.39, 0.29) is 17.2 Å². The van der Waals surface area contributed by atoms with Crippen LogP contribution in [0.2, 0.25) is 0 Å². The van der Waals surface area contributed by atoms with Crippen molar-refractivity contribution in [3.05, 3.63) is 87.4 Å². The minimum absolute atomic E-state index is 0.0613. The quantitative estimate of drug-likeness (QED) is 0.191. The summed E-state index contributed by atoms with van der Waals surface area (Å²) in [6, 6.07) is 18.3. The van der Waals surface area contributed by atoms with Gasteiger partial charge in [-0.05, 0) is 48.5 Å². The van der Waals surface area contributed by atoms with Gasteiger partial charge in [0.1, 0.15) is 0 Å². The highest BCUT2D eigenvalue weighted by molar-refractivity contribution is 9.10. The molecule has 156 valence electrons. The van der Waals surface area contributed by atoms with Crippen molar-refractivity contribution in [1.82, 2.24) is 19.5 Å². The molecular weight excluding hydrogens is 478 g/mol. The number of rotatable bonds is 6. The maximum absolute atomic E-state index is 13.2. The Hall–Kier alpha value is -3.17. The van der Waals surface area contributed by atoms with Crippen LogP contribution in [0, 0.1) is 0 Å². The molecule has 0 atom stereocenters. The Kier molecular flexibility index (Phi) is 6.34. The molecule has 9 heteroatoms. The van der Waals surface area contributed by atoms with Crippen molar-refractivity contribution in [3.8, 4) is 5.69 Å². The fraction of sp³-hybridized carbons (Fsp3) is 0.0909. The molecule has 1 N–H and O–H groups in total. The van der Waals surface area contributed by atoms with Gasteiger partial charge in [0, 0.05) is 17.7 Å². The number of thioether (sulfide) groups is 1. The molecule has 0 saturated carbocycles. The second-order valence-corrected chi connectivity index (χ2v) is 8.51. The summed E-state index contributed by atoms with van der Waals surface area (Å²) in [4.78, 5) is 30.1. The Morgan fingerprint density at radius 2 is 1.94 bits per heavy atom. The fourth-order valence-corrected chi connectivity index (χ4v) is 4.04. The smallest absolute Gasteiger partial charge is 0.266 e. The Labute approximate surface area is 190 Å². The normalized spacial score (nSPS) is 11.3. The molecule has 0 saturated heterocycles. The second kappa shape index (κ2) is 9.32. The van der Waals surface area contributed by atoms with Crippen LogP contribution in [0.15, 0.2) is 86.4 Å². The predicted molar refractivity (Wildman–Crippen MR) is 127 cm³/mol. The number of benzene rings is 2. The van der Waals surface area contributed by atoms with E-state index in [1.54, 1.807) is 18.3 Å². The number of amides is 1. The van der Waals surface area contributed by atoms with Gasteiger partial charge in [-0.2, -0.15) is 5.10 Å². The number of aryl methyl sites for hydroxylation is 1. The lowest BCUT2D eigenvalue weighted by atomic mass is 10.2. The van der Waals surface area contributed by atoms with Crippen LogP contribution in [0.4, 0.5) is 0 Å². The summed E-state index contributed by atoms with van der Waals surface area (Å²) >= 11 is 4.59. The molecule has 0 aliphatic carbocycles. The van der Waals surface area contributed by atoms with E-state index in [1.165, 1.54) is 16.3 Å². The van der Waals surface area contributed by atoms with E-state index >= 15 is 0 Å². The molecule has 0 unspecified atom stereocenters. The van der Waals surface area contributed by atoms with Crippen molar-refractivity contribution < 1.29 is 4.79 Å². The molecule has 4 rings (SSSR count). The van der Waals surface area contributed by atoms with Gasteiger partial charge in [-0.15, -0.1) is 0 Å². The lowest BCUT2D eigenvalue weighted by molar-refractivity contribution is -0.118. The SMILES string of the molecule is Cn1cccc1/C=N/NC(=O)CSc1nc2ccccc2c(=O)n1-c1ccc(Br)cc1. The first-order valence-corrected chi connectivity index (χ1v) is 11.1. The van der Waals surface area contributed by atoms with Gasteiger partial charge in [0.05, 0.1) is 34.3 Å². The third-order valence-corrected chi connectivity index (χ3v) is 6.00. The first kappa shape index (κ1) is 21.1. The Morgan fingerprint density at radius 3 is 2.68 bits per heavy atom. The second-order valence-electron chi connectivity index (χ2n) is 6.65. The predicted octanol–water partition coefficient (Wildman–Crippen LogP) is 3.73. The highest BCUT2D eigenvalue weighted by atomic mass is 79.9. The highest BCUT2D eigenvalue weighted by Gasteiger charge is 2.14. The number of para-hydroxylation sites is 1. The molecule has 0 aliphatic rings. The summed E-state index contributed by atoms with van der Waals surface area (Å²) in [6.07, 6.45) is 3.47. The van der Waals surface area contributed by atoms with E-state index in [0.717, 1.165) is 10.2 Å². The summed E-state index contributed by atoms with van der Waals surface area (Å²) < 4.78 is 4.32. The molecule has 2 aromatic carbocycles. The highest BCUT2D eigenvalue weighted by Crippen LogP contribution is 2.22. The van der Waals surface area contributed by atoms with Crippen LogP contribution in [0.5, 0.6) is 0 Å². The van der Waals surface area contributed by atoms with E-state index in [4.69, 9.17) is 0 Å². The summed E-state index contributed by atoms with van der Waals surface area (Å²) in [5.74, 6) is -0.230. The Bertz CT molecular complexity index is 1330. The van der Waals surface area contributed by atoms with Crippen molar-refractivity contribution in [2.24, 2.45) is 12.1 Å². The Morgan fingerprint density at radius 1 is 1.16 bits per heavy atom. The number of halogens is 1. The molecule has 0 aliphatic heterocycles. The number of carbonyl (C=O) groups is 1. The molecule has 2 aromatic heterocycles. The standard InChI is InChI=1S/C22H18BrN5O2S/c1-27-12-4-5-17(27)13-24-26-20(29)14-31-22-25-19-7-3-2-6-18(19)21(30)28(22)16-10-8-15(23)9-11-16/h2-13H,14H2,1H3,(H,26,29)/b24-13+. The molecule has 4 aromatic rings. The molecular formula is C22H18BrN5O2S. The van der Waals surface area contributed by atoms with Crippen LogP contribution in [0.25, 0.3) is 16.6 Å². The number of fused-ring (bicyclic) bond motifs is 1. The summed E-state index contributed by atoms with van der Waals surface area (Å²) in [6.45, 7) is 0. The number of nitrogens with one attached hydrogen (secondary N) is 1. The number of nitrogens with zero attached hydrogens (tertiary/aromatic N) is 4. The number of hydrazone groups is 1. The van der Waals surface area contributed by atoms with E-state index in [2.05, 4.69) is 31.4 Å². The zero-order valence-electron chi connectivity index (χ0n) is 16.5. The fourth-order valence-electron chi connectivity index (χ4n) is 2.97. The molecule has 0 fully saturated rings. The van der Waals surface area contributed by atoms with Crippen LogP contribution in [-0.4, -0.2) is 32.0 Å². The largest absolute Gasteiger partial charge is 0.350 e. The van der Waals surface area contributed by atoms with E-state index in [9.17, 15) is 9.59 Å². The van der Waals surface area contributed by atoms with Gasteiger partial charge in [-0.1, -0.05) is 39.8 Å². The summed E-state index contributed by atoms with van der Waals surface area (Å²) in [7, 11) is 1.89. The number of hydrogen-bond acceptors (Lipinski definition) is 5. The lowest BCUT2D eigenvalue weighted by Gasteiger charge is -2.13. The van der Waals surface area contributed by atoms with Gasteiger partial charge in [0.25, 0.3) is 11.5 Å². The van der Waals surface area contributed by atoms with Gasteiger partial charge in [-0.3, -0.25) is 14.2 Å². The summed E-state index contributed by atoms with van der Waals surface area (Å²) in [5, 5.41) is 4.95. The van der Waals surface area contributed by atoms with Gasteiger partial charge in [0.15, 0.2) is 5.16 Å². The van der Waals surface area contributed by atoms with Gasteiger partial charge < -0.3 is 4.57 Å². The maximum Gasteiger partial charge on any atom is 0.266 e. The van der Waals surface area contributed by atoms with Crippen molar-refractivity contribution >= 4 is 50.7 Å². The number of hydrogen-bond donors (Lipinski definition) is 1. The van der Waals surface area contributed by atoms with Gasteiger partial charge in [0.2, 0.25) is 0 Å². The van der Waals surface area contributed by atoms with Gasteiger partial charge in [-0.25, -0.2) is 10.4 Å². The number of aromatic nitrogens is 3. The Balaban J connectivity index is 1.59. The van der Waals surface area contributed by atoms with E-state index in [0.29, 0.717) is 21.7 Å². The maximum atomic E-state index is 13.2. The molecule has 0 bridgehead atoms. The topological polar surface area (TPSA) is 81.3 Å². The zero-order chi connectivity index (χ0) is 21.8. The third kappa shape index (κ3) is 4.78. The van der Waals surface area contributed by atoms with Crippen LogP contribution < -0.4 is 11.0 Å². The van der Waals surface area contributed by atoms with Crippen molar-refractivity contribution in [3.63, 3.8) is 0 Å². The molecule has 1 amide bonds. The minimum Gasteiger partial charge on any atom is -0.350 e. The average molecular weight is 496 g/mol. The first-order valence-electron chi connectivity index (χ1n) is 9.37. The summed E-state index contributed by atoms with van der Waals surface area (Å²) in [5.41, 5.74) is 4.46. The molecule has 31 heavy (non-hydrogen) atoms. The minimum atomic E-state index is -0.291. The van der Waals surface area contributed by atoms with Crippen LogP contribution in [0.3, 0.4) is 0 Å². The van der Waals surface area contributed by atoms with Crippen molar-refractivity contribution in [1.29, 1.82) is 0 Å². The van der Waals surface area contributed by atoms with Gasteiger partial charge >= 0.3 is 0 Å². The molecule has 2 heterocycles. The third-order valence-electron chi connectivity index (χ3n) is 4.53. The lowest BCUT2D eigenvalue weighted by Crippen LogP contribution is -2.24. The zero-order valence-corrected chi connectivity index (χ0v) is 18.9. The monoisotopic (exact) mass is 495 g/mol.